The highest BCUT2D eigenvalue weighted by Gasteiger charge is 2.44. The van der Waals surface area contributed by atoms with Crippen LogP contribution in [0.15, 0.2) is 122 Å². The van der Waals surface area contributed by atoms with Crippen molar-refractivity contribution in [2.75, 3.05) is 13.2 Å². The number of carbonyl (C=O) groups is 1. The molecule has 0 bridgehead atoms. The molecule has 7 unspecified atom stereocenters. The standard InChI is InChI=1S/C67H113NO8/c1-3-5-7-9-11-13-15-17-19-21-23-25-27-28-29-30-31-32-33-35-36-38-40-42-44-46-48-50-52-54-56-61(70)60(59-75-67-66(74)65(73)64(72)62(58-69)76-67)68-63(71)57-55-53-51-49-47-45-43-41-39-37-34-26-24-22-20-18-16-14-12-10-8-6-4-2/h6,8,12,14,18,20,24,26,37-40,43,45-46,48-49,51,54,56,60-62,64-67,69-70,72-74H,3-5,7,9-11,13,15-17,19,21-23,25,27-36,41-42,44,47,50,52-53,55,57-59H2,1-2H3,(H,68,71)/b8-6-,14-12-,20-18-,26-24-,39-37-,40-38+,45-43-,48-46+,51-49-,56-54+. The monoisotopic (exact) mass is 1060 g/mol. The van der Waals surface area contributed by atoms with Crippen molar-refractivity contribution < 1.29 is 39.8 Å². The Bertz CT molecular complexity index is 1610. The average Bonchev–Trinajstić information content (AvgIpc) is 3.42. The van der Waals surface area contributed by atoms with Crippen LogP contribution in [0.25, 0.3) is 0 Å². The van der Waals surface area contributed by atoms with Crippen molar-refractivity contribution in [3.05, 3.63) is 122 Å². The maximum atomic E-state index is 13.0. The molecule has 0 aromatic rings. The molecule has 1 aliphatic rings. The highest BCUT2D eigenvalue weighted by atomic mass is 16.7. The molecular formula is C67H113NO8. The first-order valence-electron chi connectivity index (χ1n) is 30.8. The molecule has 1 aliphatic heterocycles. The lowest BCUT2D eigenvalue weighted by atomic mass is 9.99. The van der Waals surface area contributed by atoms with Crippen LogP contribution in [0.2, 0.25) is 0 Å². The van der Waals surface area contributed by atoms with Gasteiger partial charge in [-0.05, 0) is 96.3 Å². The van der Waals surface area contributed by atoms with Gasteiger partial charge in [0.15, 0.2) is 6.29 Å². The molecule has 1 fully saturated rings. The zero-order valence-electron chi connectivity index (χ0n) is 48.2. The fourth-order valence-corrected chi connectivity index (χ4v) is 8.94. The first-order chi connectivity index (χ1) is 37.3. The molecule has 6 N–H and O–H groups in total. The Morgan fingerprint density at radius 1 is 0.461 bits per heavy atom. The van der Waals surface area contributed by atoms with Gasteiger partial charge < -0.3 is 40.3 Å². The van der Waals surface area contributed by atoms with Gasteiger partial charge in [-0.1, -0.05) is 257 Å². The maximum absolute atomic E-state index is 13.0. The first kappa shape index (κ1) is 70.6. The van der Waals surface area contributed by atoms with Crippen LogP contribution in [0.1, 0.15) is 239 Å². The lowest BCUT2D eigenvalue weighted by Crippen LogP contribution is -2.60. The van der Waals surface area contributed by atoms with E-state index in [0.29, 0.717) is 12.8 Å². The van der Waals surface area contributed by atoms with Gasteiger partial charge in [-0.2, -0.15) is 0 Å². The van der Waals surface area contributed by atoms with Crippen molar-refractivity contribution in [1.82, 2.24) is 5.32 Å². The van der Waals surface area contributed by atoms with E-state index in [-0.39, 0.29) is 18.9 Å². The molecule has 434 valence electrons. The van der Waals surface area contributed by atoms with Gasteiger partial charge in [-0.15, -0.1) is 0 Å². The molecule has 0 saturated carbocycles. The Kier molecular flexibility index (Phi) is 51.0. The second-order valence-corrected chi connectivity index (χ2v) is 20.7. The van der Waals surface area contributed by atoms with Gasteiger partial charge in [-0.3, -0.25) is 4.79 Å². The number of unbranched alkanes of at least 4 members (excludes halogenated alkanes) is 23. The molecule has 0 aromatic heterocycles. The number of aliphatic hydroxyl groups is 5. The van der Waals surface area contributed by atoms with Crippen molar-refractivity contribution in [1.29, 1.82) is 0 Å². The molecule has 1 heterocycles. The SMILES string of the molecule is CC/C=C\C/C=C\C/C=C\C/C=C\C/C=C\C/C=C\C/C=C\CCCC(=O)NC(COC1OC(CO)C(O)C(O)C1O)C(O)/C=C/CC/C=C/CC/C=C/CCCCCCCCCCCCCCCCCCCCCC. The van der Waals surface area contributed by atoms with E-state index in [4.69, 9.17) is 9.47 Å². The Balaban J connectivity index is 2.29. The fourth-order valence-electron chi connectivity index (χ4n) is 8.94. The molecular weight excluding hydrogens is 947 g/mol. The van der Waals surface area contributed by atoms with E-state index in [0.717, 1.165) is 77.0 Å². The molecule has 0 aliphatic carbocycles. The fraction of sp³-hybridized carbons (Fsp3) is 0.687. The highest BCUT2D eigenvalue weighted by Crippen LogP contribution is 2.23. The minimum absolute atomic E-state index is 0.237. The number of hydrogen-bond donors (Lipinski definition) is 6. The van der Waals surface area contributed by atoms with Gasteiger partial charge in [0, 0.05) is 6.42 Å². The van der Waals surface area contributed by atoms with Gasteiger partial charge in [-0.25, -0.2) is 0 Å². The summed E-state index contributed by atoms with van der Waals surface area (Å²) >= 11 is 0. The molecule has 0 spiro atoms. The Hall–Kier alpha value is -3.41. The molecule has 76 heavy (non-hydrogen) atoms. The summed E-state index contributed by atoms with van der Waals surface area (Å²) in [4.78, 5) is 13.0. The topological polar surface area (TPSA) is 149 Å². The van der Waals surface area contributed by atoms with Crippen LogP contribution in [-0.2, 0) is 14.3 Å². The summed E-state index contributed by atoms with van der Waals surface area (Å²) in [6.07, 6.45) is 75.7. The molecule has 7 atom stereocenters. The molecule has 0 radical (unpaired) electrons. The normalized spacial score (nSPS) is 19.7. The lowest BCUT2D eigenvalue weighted by molar-refractivity contribution is -0.302. The van der Waals surface area contributed by atoms with Gasteiger partial charge >= 0.3 is 0 Å². The Labute approximate surface area is 465 Å². The maximum Gasteiger partial charge on any atom is 0.220 e. The number of amides is 1. The minimum Gasteiger partial charge on any atom is -0.394 e. The molecule has 9 heteroatoms. The van der Waals surface area contributed by atoms with E-state index < -0.39 is 49.5 Å². The molecule has 0 aromatic carbocycles. The summed E-state index contributed by atoms with van der Waals surface area (Å²) < 4.78 is 11.2. The van der Waals surface area contributed by atoms with Crippen molar-refractivity contribution in [3.63, 3.8) is 0 Å². The number of aliphatic hydroxyl groups excluding tert-OH is 5. The van der Waals surface area contributed by atoms with Crippen LogP contribution in [0.5, 0.6) is 0 Å². The number of nitrogens with one attached hydrogen (secondary N) is 1. The Morgan fingerprint density at radius 2 is 0.829 bits per heavy atom. The van der Waals surface area contributed by atoms with Gasteiger partial charge in [0.1, 0.15) is 24.4 Å². The van der Waals surface area contributed by atoms with Gasteiger partial charge in [0.25, 0.3) is 0 Å². The van der Waals surface area contributed by atoms with Crippen molar-refractivity contribution >= 4 is 5.91 Å². The van der Waals surface area contributed by atoms with E-state index in [9.17, 15) is 30.3 Å². The third kappa shape index (κ3) is 43.6. The first-order valence-corrected chi connectivity index (χ1v) is 30.8. The van der Waals surface area contributed by atoms with Crippen molar-refractivity contribution in [2.45, 2.75) is 281 Å². The lowest BCUT2D eigenvalue weighted by Gasteiger charge is -2.40. The van der Waals surface area contributed by atoms with E-state index >= 15 is 0 Å². The predicted octanol–water partition coefficient (Wildman–Crippen LogP) is 15.9. The summed E-state index contributed by atoms with van der Waals surface area (Å²) in [5, 5.41) is 54.5. The van der Waals surface area contributed by atoms with E-state index in [2.05, 4.69) is 129 Å². The predicted molar refractivity (Wildman–Crippen MR) is 322 cm³/mol. The minimum atomic E-state index is -1.59. The highest BCUT2D eigenvalue weighted by molar-refractivity contribution is 5.76. The van der Waals surface area contributed by atoms with Gasteiger partial charge in [0.2, 0.25) is 5.91 Å². The summed E-state index contributed by atoms with van der Waals surface area (Å²) in [5.74, 6) is -0.252. The van der Waals surface area contributed by atoms with Crippen LogP contribution < -0.4 is 5.32 Å². The van der Waals surface area contributed by atoms with Crippen LogP contribution in [0.4, 0.5) is 0 Å². The second-order valence-electron chi connectivity index (χ2n) is 20.7. The van der Waals surface area contributed by atoms with Crippen LogP contribution in [0, 0.1) is 0 Å². The van der Waals surface area contributed by atoms with Crippen LogP contribution >= 0.6 is 0 Å². The van der Waals surface area contributed by atoms with Crippen LogP contribution in [0.3, 0.4) is 0 Å². The molecule has 1 saturated heterocycles. The van der Waals surface area contributed by atoms with Crippen molar-refractivity contribution in [3.8, 4) is 0 Å². The zero-order chi connectivity index (χ0) is 55.0. The molecule has 1 rings (SSSR count). The van der Waals surface area contributed by atoms with E-state index in [1.807, 2.05) is 6.08 Å². The summed E-state index contributed by atoms with van der Waals surface area (Å²) in [6.45, 7) is 3.62. The van der Waals surface area contributed by atoms with Gasteiger partial charge in [0.05, 0.1) is 25.4 Å². The molecule has 1 amide bonds. The number of hydrogen-bond acceptors (Lipinski definition) is 8. The average molecular weight is 1060 g/mol. The number of rotatable bonds is 51. The second kappa shape index (κ2) is 54.9. The summed E-state index contributed by atoms with van der Waals surface area (Å²) in [5.41, 5.74) is 0. The third-order valence-corrected chi connectivity index (χ3v) is 13.7. The largest absolute Gasteiger partial charge is 0.394 e. The van der Waals surface area contributed by atoms with E-state index in [1.54, 1.807) is 6.08 Å². The van der Waals surface area contributed by atoms with E-state index in [1.165, 1.54) is 128 Å². The number of ether oxygens (including phenoxy) is 2. The van der Waals surface area contributed by atoms with Crippen LogP contribution in [-0.4, -0.2) is 87.5 Å². The quantitative estimate of drug-likeness (QED) is 0.0261. The summed E-state index contributed by atoms with van der Waals surface area (Å²) in [7, 11) is 0. The third-order valence-electron chi connectivity index (χ3n) is 13.7. The molecule has 9 nitrogen and oxygen atoms in total. The number of carbonyl (C=O) groups excluding carboxylic acids is 1. The number of allylic oxidation sites excluding steroid dienone is 19. The van der Waals surface area contributed by atoms with Crippen molar-refractivity contribution in [2.24, 2.45) is 0 Å². The smallest absolute Gasteiger partial charge is 0.220 e. The summed E-state index contributed by atoms with van der Waals surface area (Å²) in [6, 6.07) is -0.870. The Morgan fingerprint density at radius 3 is 1.26 bits per heavy atom. The zero-order valence-corrected chi connectivity index (χ0v) is 48.2.